The van der Waals surface area contributed by atoms with Crippen LogP contribution in [0.4, 0.5) is 5.69 Å². The molecule has 0 atom stereocenters. The van der Waals surface area contributed by atoms with E-state index in [2.05, 4.69) is 38.3 Å². The van der Waals surface area contributed by atoms with Crippen LogP contribution in [-0.4, -0.2) is 36.3 Å². The first kappa shape index (κ1) is 21.1. The predicted octanol–water partition coefficient (Wildman–Crippen LogP) is 3.86. The third-order valence-corrected chi connectivity index (χ3v) is 7.03. The number of carbonyl (C=O) groups is 2. The number of nitrogens with two attached hydrogens (primary N) is 1. The molecule has 0 bridgehead atoms. The minimum atomic E-state index is -0.379. The largest absolute Gasteiger partial charge is 0.369 e. The number of hydrogen-bond donors (Lipinski definition) is 2. The van der Waals surface area contributed by atoms with Crippen LogP contribution in [0, 0.1) is 5.92 Å². The molecule has 6 heteroatoms. The van der Waals surface area contributed by atoms with Gasteiger partial charge in [-0.05, 0) is 80.6 Å². The van der Waals surface area contributed by atoms with Crippen molar-refractivity contribution in [2.45, 2.75) is 37.5 Å². The van der Waals surface area contributed by atoms with Gasteiger partial charge in [0.1, 0.15) is 0 Å². The molecule has 1 heterocycles. The van der Waals surface area contributed by atoms with E-state index in [1.807, 2.05) is 36.4 Å². The molecular formula is C24H28BrN3O2. The standard InChI is InChI=1S/C24H28BrN3O2/c25-20-5-3-19(4-6-20)24(12-13-24)23(30)27-21-7-1-17(2-8-21)9-14-28-15-10-18(11-16-28)22(26)29/h1-8,18H,9-16H2,(H2,26,29)(H,27,30). The number of rotatable bonds is 7. The van der Waals surface area contributed by atoms with Crippen molar-refractivity contribution in [3.05, 3.63) is 64.1 Å². The third kappa shape index (κ3) is 4.76. The van der Waals surface area contributed by atoms with E-state index in [9.17, 15) is 9.59 Å². The van der Waals surface area contributed by atoms with E-state index in [1.54, 1.807) is 0 Å². The molecular weight excluding hydrogens is 442 g/mol. The van der Waals surface area contributed by atoms with Crippen LogP contribution >= 0.6 is 15.9 Å². The number of primary amides is 1. The summed E-state index contributed by atoms with van der Waals surface area (Å²) in [6, 6.07) is 16.2. The van der Waals surface area contributed by atoms with E-state index in [4.69, 9.17) is 5.73 Å². The molecule has 5 nitrogen and oxygen atoms in total. The molecule has 2 fully saturated rings. The monoisotopic (exact) mass is 469 g/mol. The lowest BCUT2D eigenvalue weighted by Gasteiger charge is -2.30. The summed E-state index contributed by atoms with van der Waals surface area (Å²) in [5.41, 5.74) is 8.20. The number of likely N-dealkylation sites (tertiary alicyclic amines) is 1. The second-order valence-corrected chi connectivity index (χ2v) is 9.42. The number of piperidine rings is 1. The van der Waals surface area contributed by atoms with Gasteiger partial charge in [-0.1, -0.05) is 40.2 Å². The molecule has 158 valence electrons. The summed E-state index contributed by atoms with van der Waals surface area (Å²) in [6.07, 6.45) is 4.47. The highest BCUT2D eigenvalue weighted by atomic mass is 79.9. The molecule has 2 aliphatic rings. The Morgan fingerprint density at radius 2 is 1.67 bits per heavy atom. The number of benzene rings is 2. The highest BCUT2D eigenvalue weighted by Gasteiger charge is 2.51. The molecule has 30 heavy (non-hydrogen) atoms. The van der Waals surface area contributed by atoms with Crippen molar-refractivity contribution in [1.29, 1.82) is 0 Å². The molecule has 4 rings (SSSR count). The summed E-state index contributed by atoms with van der Waals surface area (Å²) in [6.45, 7) is 2.84. The van der Waals surface area contributed by atoms with Crippen LogP contribution < -0.4 is 11.1 Å². The Kier molecular flexibility index (Phi) is 6.25. The first-order valence-corrected chi connectivity index (χ1v) is 11.4. The quantitative estimate of drug-likeness (QED) is 0.646. The topological polar surface area (TPSA) is 75.4 Å². The van der Waals surface area contributed by atoms with E-state index in [1.165, 1.54) is 5.56 Å². The van der Waals surface area contributed by atoms with E-state index >= 15 is 0 Å². The van der Waals surface area contributed by atoms with Crippen LogP contribution in [0.3, 0.4) is 0 Å². The zero-order valence-corrected chi connectivity index (χ0v) is 18.7. The number of amides is 2. The Hall–Kier alpha value is -2.18. The minimum absolute atomic E-state index is 0.0383. The molecule has 1 aliphatic heterocycles. The summed E-state index contributed by atoms with van der Waals surface area (Å²) in [7, 11) is 0. The summed E-state index contributed by atoms with van der Waals surface area (Å²) in [5, 5.41) is 3.10. The maximum absolute atomic E-state index is 12.9. The van der Waals surface area contributed by atoms with Crippen molar-refractivity contribution < 1.29 is 9.59 Å². The molecule has 2 aromatic rings. The van der Waals surface area contributed by atoms with Gasteiger partial charge in [0.25, 0.3) is 0 Å². The second-order valence-electron chi connectivity index (χ2n) is 8.51. The van der Waals surface area contributed by atoms with Crippen LogP contribution in [0.5, 0.6) is 0 Å². The van der Waals surface area contributed by atoms with Crippen LogP contribution in [0.2, 0.25) is 0 Å². The lowest BCUT2D eigenvalue weighted by Crippen LogP contribution is -2.39. The number of nitrogens with one attached hydrogen (secondary N) is 1. The van der Waals surface area contributed by atoms with E-state index in [-0.39, 0.29) is 23.1 Å². The lowest BCUT2D eigenvalue weighted by molar-refractivity contribution is -0.123. The van der Waals surface area contributed by atoms with Gasteiger partial charge in [0.2, 0.25) is 11.8 Å². The fourth-order valence-corrected chi connectivity index (χ4v) is 4.54. The van der Waals surface area contributed by atoms with Gasteiger partial charge in [0.05, 0.1) is 5.41 Å². The fraction of sp³-hybridized carbons (Fsp3) is 0.417. The highest BCUT2D eigenvalue weighted by Crippen LogP contribution is 2.49. The van der Waals surface area contributed by atoms with Crippen LogP contribution in [0.25, 0.3) is 0 Å². The van der Waals surface area contributed by atoms with Gasteiger partial charge >= 0.3 is 0 Å². The van der Waals surface area contributed by atoms with Gasteiger partial charge in [-0.3, -0.25) is 9.59 Å². The predicted molar refractivity (Wildman–Crippen MR) is 122 cm³/mol. The molecule has 0 aromatic heterocycles. The van der Waals surface area contributed by atoms with Crippen molar-refractivity contribution in [1.82, 2.24) is 4.90 Å². The van der Waals surface area contributed by atoms with Crippen LogP contribution in [-0.2, 0) is 21.4 Å². The average Bonchev–Trinajstić information content (AvgIpc) is 3.56. The van der Waals surface area contributed by atoms with Gasteiger partial charge in [0.15, 0.2) is 0 Å². The molecule has 1 saturated carbocycles. The normalized spacial score (nSPS) is 18.7. The van der Waals surface area contributed by atoms with Gasteiger partial charge in [0, 0.05) is 22.6 Å². The Morgan fingerprint density at radius 3 is 2.23 bits per heavy atom. The van der Waals surface area contributed by atoms with Crippen molar-refractivity contribution in [2.75, 3.05) is 25.0 Å². The summed E-state index contributed by atoms with van der Waals surface area (Å²) in [5.74, 6) is -0.0494. The Balaban J connectivity index is 1.28. The van der Waals surface area contributed by atoms with Gasteiger partial charge in [-0.25, -0.2) is 0 Å². The molecule has 1 saturated heterocycles. The van der Waals surface area contributed by atoms with Crippen molar-refractivity contribution in [2.24, 2.45) is 11.7 Å². The fourth-order valence-electron chi connectivity index (χ4n) is 4.27. The van der Waals surface area contributed by atoms with Gasteiger partial charge in [-0.15, -0.1) is 0 Å². The third-order valence-electron chi connectivity index (χ3n) is 6.50. The van der Waals surface area contributed by atoms with E-state index in [0.717, 1.165) is 67.5 Å². The van der Waals surface area contributed by atoms with E-state index in [0.29, 0.717) is 0 Å². The molecule has 2 amide bonds. The lowest BCUT2D eigenvalue weighted by atomic mass is 9.95. The molecule has 3 N–H and O–H groups in total. The molecule has 0 spiro atoms. The molecule has 0 radical (unpaired) electrons. The maximum atomic E-state index is 12.9. The zero-order chi connectivity index (χ0) is 21.1. The van der Waals surface area contributed by atoms with Gasteiger partial charge < -0.3 is 16.0 Å². The SMILES string of the molecule is NC(=O)C1CCN(CCc2ccc(NC(=O)C3(c4ccc(Br)cc4)CC3)cc2)CC1. The summed E-state index contributed by atoms with van der Waals surface area (Å²) in [4.78, 5) is 26.6. The summed E-state index contributed by atoms with van der Waals surface area (Å²) < 4.78 is 1.02. The van der Waals surface area contributed by atoms with Crippen molar-refractivity contribution >= 4 is 33.4 Å². The number of carbonyl (C=O) groups excluding carboxylic acids is 2. The first-order valence-electron chi connectivity index (χ1n) is 10.6. The maximum Gasteiger partial charge on any atom is 0.235 e. The number of hydrogen-bond acceptors (Lipinski definition) is 3. The Bertz CT molecular complexity index is 899. The number of anilines is 1. The summed E-state index contributed by atoms with van der Waals surface area (Å²) >= 11 is 3.45. The van der Waals surface area contributed by atoms with E-state index < -0.39 is 0 Å². The molecule has 2 aromatic carbocycles. The number of halogens is 1. The van der Waals surface area contributed by atoms with Crippen LogP contribution in [0.15, 0.2) is 53.0 Å². The van der Waals surface area contributed by atoms with Crippen molar-refractivity contribution in [3.8, 4) is 0 Å². The Labute approximate surface area is 186 Å². The van der Waals surface area contributed by atoms with Crippen LogP contribution in [0.1, 0.15) is 36.8 Å². The highest BCUT2D eigenvalue weighted by molar-refractivity contribution is 9.10. The van der Waals surface area contributed by atoms with Gasteiger partial charge in [-0.2, -0.15) is 0 Å². The second kappa shape index (κ2) is 8.90. The van der Waals surface area contributed by atoms with Crippen molar-refractivity contribution in [3.63, 3.8) is 0 Å². The molecule has 0 unspecified atom stereocenters. The number of nitrogens with zero attached hydrogens (tertiary/aromatic N) is 1. The minimum Gasteiger partial charge on any atom is -0.369 e. The smallest absolute Gasteiger partial charge is 0.235 e. The molecule has 1 aliphatic carbocycles. The first-order chi connectivity index (χ1) is 14.5. The zero-order valence-electron chi connectivity index (χ0n) is 17.1. The average molecular weight is 470 g/mol. The Morgan fingerprint density at radius 1 is 1.03 bits per heavy atom.